The van der Waals surface area contributed by atoms with Crippen molar-refractivity contribution in [2.75, 3.05) is 12.4 Å². The van der Waals surface area contributed by atoms with E-state index >= 15 is 0 Å². The van der Waals surface area contributed by atoms with Crippen LogP contribution in [0.1, 0.15) is 5.56 Å². The van der Waals surface area contributed by atoms with E-state index in [2.05, 4.69) is 5.32 Å². The molecule has 0 radical (unpaired) electrons. The number of rotatable bonds is 3. The van der Waals surface area contributed by atoms with Gasteiger partial charge >= 0.3 is 0 Å². The summed E-state index contributed by atoms with van der Waals surface area (Å²) in [6, 6.07) is 11.5. The number of benzene rings is 2. The number of anilines is 2. The van der Waals surface area contributed by atoms with Gasteiger partial charge in [0.15, 0.2) is 11.6 Å². The Hall–Kier alpha value is -2.25. The number of ether oxygens (including phenoxy) is 1. The fraction of sp³-hybridized carbons (Fsp3) is 0.0714. The van der Waals surface area contributed by atoms with Gasteiger partial charge in [0.05, 0.1) is 23.4 Å². The summed E-state index contributed by atoms with van der Waals surface area (Å²) in [5.74, 6) is -0.315. The van der Waals surface area contributed by atoms with E-state index in [9.17, 15) is 4.39 Å². The Labute approximate surface area is 115 Å². The lowest BCUT2D eigenvalue weighted by Crippen LogP contribution is -1.96. The minimum atomic E-state index is -0.479. The van der Waals surface area contributed by atoms with Gasteiger partial charge in [-0.2, -0.15) is 5.26 Å². The van der Waals surface area contributed by atoms with Crippen molar-refractivity contribution in [3.8, 4) is 11.8 Å². The Morgan fingerprint density at radius 2 is 2.11 bits per heavy atom. The van der Waals surface area contributed by atoms with Crippen LogP contribution in [0, 0.1) is 17.1 Å². The van der Waals surface area contributed by atoms with Gasteiger partial charge in [-0.05, 0) is 24.3 Å². The molecule has 0 aliphatic carbocycles. The van der Waals surface area contributed by atoms with Crippen molar-refractivity contribution in [3.63, 3.8) is 0 Å². The Kier molecular flexibility index (Phi) is 3.88. The van der Waals surface area contributed by atoms with Crippen LogP contribution in [0.15, 0.2) is 36.4 Å². The highest BCUT2D eigenvalue weighted by Gasteiger charge is 2.08. The molecule has 0 aliphatic heterocycles. The fourth-order valence-corrected chi connectivity index (χ4v) is 1.86. The van der Waals surface area contributed by atoms with Crippen LogP contribution in [-0.4, -0.2) is 7.11 Å². The molecule has 0 aliphatic rings. The van der Waals surface area contributed by atoms with Crippen molar-refractivity contribution in [1.82, 2.24) is 0 Å². The molecule has 0 bridgehead atoms. The van der Waals surface area contributed by atoms with Gasteiger partial charge in [-0.3, -0.25) is 0 Å². The summed E-state index contributed by atoms with van der Waals surface area (Å²) in [5, 5.41) is 12.3. The third-order valence-corrected chi connectivity index (χ3v) is 2.87. The molecule has 0 saturated heterocycles. The number of methoxy groups -OCH3 is 1. The topological polar surface area (TPSA) is 45.0 Å². The monoisotopic (exact) mass is 276 g/mol. The highest BCUT2D eigenvalue weighted by atomic mass is 35.5. The predicted molar refractivity (Wildman–Crippen MR) is 72.4 cm³/mol. The van der Waals surface area contributed by atoms with Gasteiger partial charge in [0.1, 0.15) is 6.07 Å². The van der Waals surface area contributed by atoms with Crippen LogP contribution in [-0.2, 0) is 0 Å². The van der Waals surface area contributed by atoms with Gasteiger partial charge in [-0.1, -0.05) is 17.7 Å². The van der Waals surface area contributed by atoms with Crippen LogP contribution in [0.4, 0.5) is 15.8 Å². The molecule has 0 unspecified atom stereocenters. The zero-order chi connectivity index (χ0) is 13.8. The first kappa shape index (κ1) is 13.2. The first-order chi connectivity index (χ1) is 9.15. The molecule has 0 spiro atoms. The SMILES string of the molecule is COc1ccc(Nc2cccc(Cl)c2C#N)cc1F. The average Bonchev–Trinajstić information content (AvgIpc) is 2.39. The predicted octanol–water partition coefficient (Wildman–Crippen LogP) is 4.10. The van der Waals surface area contributed by atoms with E-state index in [0.717, 1.165) is 0 Å². The Morgan fingerprint density at radius 3 is 2.74 bits per heavy atom. The highest BCUT2D eigenvalue weighted by molar-refractivity contribution is 6.32. The second-order valence-corrected chi connectivity index (χ2v) is 4.16. The molecule has 0 aromatic heterocycles. The van der Waals surface area contributed by atoms with Crippen molar-refractivity contribution < 1.29 is 9.13 Å². The van der Waals surface area contributed by atoms with E-state index in [0.29, 0.717) is 22.0 Å². The van der Waals surface area contributed by atoms with Crippen LogP contribution >= 0.6 is 11.6 Å². The summed E-state index contributed by atoms with van der Waals surface area (Å²) in [5.41, 5.74) is 1.36. The molecule has 2 aromatic rings. The highest BCUT2D eigenvalue weighted by Crippen LogP contribution is 2.28. The number of nitrogens with zero attached hydrogens (tertiary/aromatic N) is 1. The average molecular weight is 277 g/mol. The van der Waals surface area contributed by atoms with E-state index in [1.54, 1.807) is 24.3 Å². The van der Waals surface area contributed by atoms with E-state index in [1.807, 2.05) is 6.07 Å². The van der Waals surface area contributed by atoms with Crippen molar-refractivity contribution in [1.29, 1.82) is 5.26 Å². The zero-order valence-electron chi connectivity index (χ0n) is 10.1. The molecular formula is C14H10ClFN2O. The molecule has 5 heteroatoms. The second kappa shape index (κ2) is 5.59. The molecule has 0 amide bonds. The lowest BCUT2D eigenvalue weighted by molar-refractivity contribution is 0.386. The standard InChI is InChI=1S/C14H10ClFN2O/c1-19-14-6-5-9(7-12(14)16)18-13-4-2-3-11(15)10(13)8-17/h2-7,18H,1H3. The third kappa shape index (κ3) is 2.78. The zero-order valence-corrected chi connectivity index (χ0v) is 10.8. The van der Waals surface area contributed by atoms with Crippen LogP contribution < -0.4 is 10.1 Å². The maximum absolute atomic E-state index is 13.6. The molecule has 3 nitrogen and oxygen atoms in total. The van der Waals surface area contributed by atoms with E-state index in [1.165, 1.54) is 19.2 Å². The quantitative estimate of drug-likeness (QED) is 0.918. The first-order valence-electron chi connectivity index (χ1n) is 5.45. The van der Waals surface area contributed by atoms with E-state index < -0.39 is 5.82 Å². The van der Waals surface area contributed by atoms with Gasteiger partial charge in [0.25, 0.3) is 0 Å². The van der Waals surface area contributed by atoms with Crippen molar-refractivity contribution in [3.05, 3.63) is 52.8 Å². The summed E-state index contributed by atoms with van der Waals surface area (Å²) in [6.45, 7) is 0. The minimum Gasteiger partial charge on any atom is -0.494 e. The molecule has 2 rings (SSSR count). The van der Waals surface area contributed by atoms with Crippen molar-refractivity contribution >= 4 is 23.0 Å². The number of halogens is 2. The Balaban J connectivity index is 2.34. The van der Waals surface area contributed by atoms with Gasteiger partial charge in [-0.25, -0.2) is 4.39 Å². The van der Waals surface area contributed by atoms with E-state index in [-0.39, 0.29) is 5.75 Å². The van der Waals surface area contributed by atoms with Crippen LogP contribution in [0.3, 0.4) is 0 Å². The molecule has 0 fully saturated rings. The molecule has 0 saturated carbocycles. The smallest absolute Gasteiger partial charge is 0.167 e. The van der Waals surface area contributed by atoms with Gasteiger partial charge < -0.3 is 10.1 Å². The maximum atomic E-state index is 13.6. The lowest BCUT2D eigenvalue weighted by atomic mass is 10.2. The number of hydrogen-bond acceptors (Lipinski definition) is 3. The largest absolute Gasteiger partial charge is 0.494 e. The van der Waals surface area contributed by atoms with Crippen molar-refractivity contribution in [2.45, 2.75) is 0 Å². The number of nitrogens with one attached hydrogen (secondary N) is 1. The number of nitriles is 1. The molecule has 2 aromatic carbocycles. The fourth-order valence-electron chi connectivity index (χ4n) is 1.64. The van der Waals surface area contributed by atoms with Gasteiger partial charge in [0.2, 0.25) is 0 Å². The molecule has 1 N–H and O–H groups in total. The van der Waals surface area contributed by atoms with Crippen LogP contribution in [0.5, 0.6) is 5.75 Å². The normalized spacial score (nSPS) is 9.79. The van der Waals surface area contributed by atoms with Gasteiger partial charge in [0, 0.05) is 11.8 Å². The molecule has 96 valence electrons. The summed E-state index contributed by atoms with van der Waals surface area (Å²) < 4.78 is 18.4. The van der Waals surface area contributed by atoms with Crippen LogP contribution in [0.25, 0.3) is 0 Å². The first-order valence-corrected chi connectivity index (χ1v) is 5.82. The van der Waals surface area contributed by atoms with Gasteiger partial charge in [-0.15, -0.1) is 0 Å². The van der Waals surface area contributed by atoms with Crippen molar-refractivity contribution in [2.24, 2.45) is 0 Å². The molecule has 0 heterocycles. The summed E-state index contributed by atoms with van der Waals surface area (Å²) >= 11 is 5.92. The number of hydrogen-bond donors (Lipinski definition) is 1. The Bertz CT molecular complexity index is 652. The third-order valence-electron chi connectivity index (χ3n) is 2.56. The summed E-state index contributed by atoms with van der Waals surface area (Å²) in [7, 11) is 1.40. The van der Waals surface area contributed by atoms with Crippen LogP contribution in [0.2, 0.25) is 5.02 Å². The maximum Gasteiger partial charge on any atom is 0.167 e. The van der Waals surface area contributed by atoms with E-state index in [4.69, 9.17) is 21.6 Å². The molecule has 19 heavy (non-hydrogen) atoms. The molecule has 0 atom stereocenters. The summed E-state index contributed by atoms with van der Waals surface area (Å²) in [6.07, 6.45) is 0. The summed E-state index contributed by atoms with van der Waals surface area (Å²) in [4.78, 5) is 0. The molecular weight excluding hydrogens is 267 g/mol. The Morgan fingerprint density at radius 1 is 1.32 bits per heavy atom. The second-order valence-electron chi connectivity index (χ2n) is 3.75. The minimum absolute atomic E-state index is 0.164. The lowest BCUT2D eigenvalue weighted by Gasteiger charge is -2.10.